The van der Waals surface area contributed by atoms with Crippen molar-refractivity contribution in [2.45, 2.75) is 45.1 Å². The monoisotopic (exact) mass is 323 g/mol. The molecule has 1 amide bonds. The van der Waals surface area contributed by atoms with E-state index in [2.05, 4.69) is 5.32 Å². The standard InChI is InChI=1S/C17H22FNO4/c1-12(23-14-7-5-6-13(18)10-14)15(20)19-11-17(16(21)22)8-3-2-4-9-17/h5-7,10,12H,2-4,8-9,11H2,1H3,(H,19,20)(H,21,22). The van der Waals surface area contributed by atoms with Crippen molar-refractivity contribution < 1.29 is 23.8 Å². The third-order valence-corrected chi connectivity index (χ3v) is 4.34. The van der Waals surface area contributed by atoms with Crippen LogP contribution in [0.25, 0.3) is 0 Å². The van der Waals surface area contributed by atoms with E-state index in [4.69, 9.17) is 4.74 Å². The van der Waals surface area contributed by atoms with Crippen molar-refractivity contribution in [1.29, 1.82) is 0 Å². The van der Waals surface area contributed by atoms with Crippen molar-refractivity contribution in [1.82, 2.24) is 5.32 Å². The summed E-state index contributed by atoms with van der Waals surface area (Å²) in [6.07, 6.45) is 3.06. The van der Waals surface area contributed by atoms with Gasteiger partial charge in [0.05, 0.1) is 5.41 Å². The molecule has 1 fully saturated rings. The first-order valence-electron chi connectivity index (χ1n) is 7.86. The van der Waals surface area contributed by atoms with Crippen molar-refractivity contribution in [2.24, 2.45) is 5.41 Å². The molecule has 23 heavy (non-hydrogen) atoms. The van der Waals surface area contributed by atoms with Crippen LogP contribution in [-0.4, -0.2) is 29.6 Å². The van der Waals surface area contributed by atoms with Gasteiger partial charge in [0.15, 0.2) is 6.10 Å². The van der Waals surface area contributed by atoms with Gasteiger partial charge in [0, 0.05) is 12.6 Å². The first-order valence-corrected chi connectivity index (χ1v) is 7.86. The lowest BCUT2D eigenvalue weighted by Crippen LogP contribution is -2.47. The van der Waals surface area contributed by atoms with E-state index in [-0.39, 0.29) is 12.3 Å². The van der Waals surface area contributed by atoms with E-state index in [1.54, 1.807) is 13.0 Å². The molecule has 1 aromatic rings. The summed E-state index contributed by atoms with van der Waals surface area (Å²) in [5.41, 5.74) is -0.882. The summed E-state index contributed by atoms with van der Waals surface area (Å²) in [7, 11) is 0. The van der Waals surface area contributed by atoms with Crippen LogP contribution in [0.2, 0.25) is 0 Å². The highest BCUT2D eigenvalue weighted by molar-refractivity contribution is 5.82. The summed E-state index contributed by atoms with van der Waals surface area (Å²) >= 11 is 0. The number of halogens is 1. The van der Waals surface area contributed by atoms with Crippen LogP contribution in [0.15, 0.2) is 24.3 Å². The molecule has 0 heterocycles. The zero-order valence-electron chi connectivity index (χ0n) is 13.2. The third-order valence-electron chi connectivity index (χ3n) is 4.34. The van der Waals surface area contributed by atoms with Crippen LogP contribution in [-0.2, 0) is 9.59 Å². The SMILES string of the molecule is CC(Oc1cccc(F)c1)C(=O)NCC1(C(=O)O)CCCCC1. The molecule has 0 bridgehead atoms. The van der Waals surface area contributed by atoms with Crippen LogP contribution in [0.3, 0.4) is 0 Å². The number of nitrogens with one attached hydrogen (secondary N) is 1. The minimum Gasteiger partial charge on any atom is -0.481 e. The molecule has 5 nitrogen and oxygen atoms in total. The molecule has 2 rings (SSSR count). The Hall–Kier alpha value is -2.11. The lowest BCUT2D eigenvalue weighted by atomic mass is 9.74. The smallest absolute Gasteiger partial charge is 0.311 e. The van der Waals surface area contributed by atoms with Crippen LogP contribution in [0, 0.1) is 11.2 Å². The lowest BCUT2D eigenvalue weighted by Gasteiger charge is -2.33. The second kappa shape index (κ2) is 7.44. The summed E-state index contributed by atoms with van der Waals surface area (Å²) in [5.74, 6) is -1.45. The topological polar surface area (TPSA) is 75.6 Å². The van der Waals surface area contributed by atoms with Crippen LogP contribution < -0.4 is 10.1 Å². The number of amides is 1. The largest absolute Gasteiger partial charge is 0.481 e. The molecule has 1 saturated carbocycles. The number of hydrogen-bond acceptors (Lipinski definition) is 3. The number of carboxylic acids is 1. The summed E-state index contributed by atoms with van der Waals surface area (Å²) in [5, 5.41) is 12.2. The van der Waals surface area contributed by atoms with Crippen LogP contribution in [0.1, 0.15) is 39.0 Å². The van der Waals surface area contributed by atoms with E-state index in [9.17, 15) is 19.1 Å². The Morgan fingerprint density at radius 1 is 1.35 bits per heavy atom. The molecule has 0 aliphatic heterocycles. The molecule has 1 aromatic carbocycles. The molecule has 0 spiro atoms. The highest BCUT2D eigenvalue weighted by Gasteiger charge is 2.40. The number of carboxylic acid groups (broad SMARTS) is 1. The van der Waals surface area contributed by atoms with Crippen molar-refractivity contribution in [3.63, 3.8) is 0 Å². The zero-order valence-corrected chi connectivity index (χ0v) is 13.2. The molecular formula is C17H22FNO4. The second-order valence-corrected chi connectivity index (χ2v) is 6.08. The number of carbonyl (C=O) groups is 2. The molecule has 0 saturated heterocycles. The fraction of sp³-hybridized carbons (Fsp3) is 0.529. The molecule has 0 radical (unpaired) electrons. The van der Waals surface area contributed by atoms with Crippen molar-refractivity contribution in [3.8, 4) is 5.75 Å². The number of hydrogen-bond donors (Lipinski definition) is 2. The molecule has 6 heteroatoms. The number of carbonyl (C=O) groups excluding carboxylic acids is 1. The average Bonchev–Trinajstić information content (AvgIpc) is 2.53. The molecule has 0 aromatic heterocycles. The van der Waals surface area contributed by atoms with Gasteiger partial charge in [-0.2, -0.15) is 0 Å². The van der Waals surface area contributed by atoms with Gasteiger partial charge in [-0.25, -0.2) is 4.39 Å². The molecular weight excluding hydrogens is 301 g/mol. The predicted molar refractivity (Wildman–Crippen MR) is 82.7 cm³/mol. The molecule has 1 aliphatic carbocycles. The fourth-order valence-corrected chi connectivity index (χ4v) is 2.89. The van der Waals surface area contributed by atoms with Gasteiger partial charge in [-0.15, -0.1) is 0 Å². The number of aliphatic carboxylic acids is 1. The second-order valence-electron chi connectivity index (χ2n) is 6.08. The van der Waals surface area contributed by atoms with Gasteiger partial charge in [0.25, 0.3) is 5.91 Å². The van der Waals surface area contributed by atoms with Gasteiger partial charge < -0.3 is 15.2 Å². The Bertz CT molecular complexity index is 569. The Balaban J connectivity index is 1.91. The third kappa shape index (κ3) is 4.43. The summed E-state index contributed by atoms with van der Waals surface area (Å²) in [4.78, 5) is 23.7. The van der Waals surface area contributed by atoms with Crippen molar-refractivity contribution >= 4 is 11.9 Å². The summed E-state index contributed by atoms with van der Waals surface area (Å²) in [6, 6.07) is 5.55. The van der Waals surface area contributed by atoms with E-state index in [0.29, 0.717) is 12.8 Å². The van der Waals surface area contributed by atoms with Gasteiger partial charge in [-0.1, -0.05) is 25.3 Å². The fourth-order valence-electron chi connectivity index (χ4n) is 2.89. The van der Waals surface area contributed by atoms with E-state index < -0.39 is 29.2 Å². The molecule has 1 unspecified atom stereocenters. The molecule has 1 aliphatic rings. The summed E-state index contributed by atoms with van der Waals surface area (Å²) in [6.45, 7) is 1.65. The zero-order chi connectivity index (χ0) is 16.9. The number of benzene rings is 1. The quantitative estimate of drug-likeness (QED) is 0.844. The average molecular weight is 323 g/mol. The van der Waals surface area contributed by atoms with Gasteiger partial charge in [-0.05, 0) is 31.9 Å². The Morgan fingerprint density at radius 2 is 2.04 bits per heavy atom. The van der Waals surface area contributed by atoms with E-state index in [1.165, 1.54) is 18.2 Å². The first-order chi connectivity index (χ1) is 10.9. The predicted octanol–water partition coefficient (Wildman–Crippen LogP) is 2.74. The van der Waals surface area contributed by atoms with E-state index in [0.717, 1.165) is 19.3 Å². The van der Waals surface area contributed by atoms with Crippen LogP contribution in [0.5, 0.6) is 5.75 Å². The van der Waals surface area contributed by atoms with Gasteiger partial charge in [0.2, 0.25) is 0 Å². The maximum atomic E-state index is 13.1. The molecule has 1 atom stereocenters. The minimum absolute atomic E-state index is 0.0953. The normalized spacial score (nSPS) is 18.0. The van der Waals surface area contributed by atoms with Gasteiger partial charge in [-0.3, -0.25) is 9.59 Å². The lowest BCUT2D eigenvalue weighted by molar-refractivity contribution is -0.151. The molecule has 2 N–H and O–H groups in total. The highest BCUT2D eigenvalue weighted by atomic mass is 19.1. The van der Waals surface area contributed by atoms with Crippen molar-refractivity contribution in [3.05, 3.63) is 30.1 Å². The van der Waals surface area contributed by atoms with E-state index >= 15 is 0 Å². The van der Waals surface area contributed by atoms with Crippen LogP contribution >= 0.6 is 0 Å². The maximum Gasteiger partial charge on any atom is 0.311 e. The van der Waals surface area contributed by atoms with Crippen LogP contribution in [0.4, 0.5) is 4.39 Å². The Kier molecular flexibility index (Phi) is 5.58. The van der Waals surface area contributed by atoms with Crippen molar-refractivity contribution in [2.75, 3.05) is 6.54 Å². The highest BCUT2D eigenvalue weighted by Crippen LogP contribution is 2.36. The van der Waals surface area contributed by atoms with Gasteiger partial charge in [0.1, 0.15) is 11.6 Å². The Morgan fingerprint density at radius 3 is 2.65 bits per heavy atom. The Labute approximate surface area is 134 Å². The minimum atomic E-state index is -0.882. The van der Waals surface area contributed by atoms with E-state index in [1.807, 2.05) is 0 Å². The molecule has 126 valence electrons. The number of rotatable bonds is 6. The van der Waals surface area contributed by atoms with Gasteiger partial charge >= 0.3 is 5.97 Å². The maximum absolute atomic E-state index is 13.1. The summed E-state index contributed by atoms with van der Waals surface area (Å²) < 4.78 is 18.5. The number of ether oxygens (including phenoxy) is 1. The first kappa shape index (κ1) is 17.2.